The van der Waals surface area contributed by atoms with Gasteiger partial charge in [0.2, 0.25) is 0 Å². The summed E-state index contributed by atoms with van der Waals surface area (Å²) in [5.41, 5.74) is 7.85. The fourth-order valence-corrected chi connectivity index (χ4v) is 3.01. The van der Waals surface area contributed by atoms with Gasteiger partial charge in [-0.15, -0.1) is 0 Å². The molecule has 0 heterocycles. The first-order chi connectivity index (χ1) is 8.73. The van der Waals surface area contributed by atoms with Crippen LogP contribution < -0.4 is 10.5 Å². The first kappa shape index (κ1) is 13.4. The third-order valence-electron chi connectivity index (χ3n) is 4.08. The zero-order valence-electron chi connectivity index (χ0n) is 11.5. The number of hydrogen-bond donors (Lipinski definition) is 1. The Kier molecular flexibility index (Phi) is 4.65. The highest BCUT2D eigenvalue weighted by atomic mass is 16.5. The van der Waals surface area contributed by atoms with E-state index < -0.39 is 0 Å². The number of benzene rings is 1. The van der Waals surface area contributed by atoms with Crippen LogP contribution in [0.1, 0.15) is 50.5 Å². The molecule has 2 nitrogen and oxygen atoms in total. The maximum atomic E-state index is 6.63. The molecule has 0 radical (unpaired) electrons. The molecule has 18 heavy (non-hydrogen) atoms. The lowest BCUT2D eigenvalue weighted by Gasteiger charge is -2.32. The molecule has 1 aromatic rings. The highest BCUT2D eigenvalue weighted by Gasteiger charge is 2.26. The van der Waals surface area contributed by atoms with Gasteiger partial charge in [-0.25, -0.2) is 0 Å². The lowest BCUT2D eigenvalue weighted by molar-refractivity contribution is 0.309. The normalized spacial score (nSPS) is 19.9. The summed E-state index contributed by atoms with van der Waals surface area (Å²) < 4.78 is 5.43. The van der Waals surface area contributed by atoms with Crippen LogP contribution in [-0.2, 0) is 6.42 Å². The minimum absolute atomic E-state index is 0.0327. The van der Waals surface area contributed by atoms with Crippen molar-refractivity contribution < 1.29 is 4.74 Å². The third-order valence-corrected chi connectivity index (χ3v) is 4.08. The zero-order chi connectivity index (χ0) is 12.8. The average molecular weight is 247 g/mol. The Labute approximate surface area is 111 Å². The Balaban J connectivity index is 2.09. The van der Waals surface area contributed by atoms with E-state index >= 15 is 0 Å². The Morgan fingerprint density at radius 3 is 2.33 bits per heavy atom. The summed E-state index contributed by atoms with van der Waals surface area (Å²) in [7, 11) is 1.74. The SMILES string of the molecule is COc1ccccc1CC1(N)CCCCCCC1. The highest BCUT2D eigenvalue weighted by Crippen LogP contribution is 2.30. The molecule has 100 valence electrons. The van der Waals surface area contributed by atoms with Crippen molar-refractivity contribution in [2.45, 2.75) is 56.9 Å². The molecule has 0 unspecified atom stereocenters. The molecule has 0 spiro atoms. The maximum absolute atomic E-state index is 6.63. The minimum atomic E-state index is -0.0327. The summed E-state index contributed by atoms with van der Waals surface area (Å²) in [4.78, 5) is 0. The van der Waals surface area contributed by atoms with E-state index in [1.165, 1.54) is 37.7 Å². The molecule has 1 fully saturated rings. The second-order valence-corrected chi connectivity index (χ2v) is 5.62. The van der Waals surface area contributed by atoms with Crippen LogP contribution in [0.15, 0.2) is 24.3 Å². The minimum Gasteiger partial charge on any atom is -0.496 e. The summed E-state index contributed by atoms with van der Waals surface area (Å²) in [6, 6.07) is 8.27. The first-order valence-electron chi connectivity index (χ1n) is 7.14. The fraction of sp³-hybridized carbons (Fsp3) is 0.625. The number of hydrogen-bond acceptors (Lipinski definition) is 2. The molecule has 1 aliphatic rings. The van der Waals surface area contributed by atoms with Crippen LogP contribution in [0.2, 0.25) is 0 Å². The second-order valence-electron chi connectivity index (χ2n) is 5.62. The molecule has 2 rings (SSSR count). The monoisotopic (exact) mass is 247 g/mol. The summed E-state index contributed by atoms with van der Waals surface area (Å²) in [6.45, 7) is 0. The smallest absolute Gasteiger partial charge is 0.122 e. The van der Waals surface area contributed by atoms with Gasteiger partial charge in [0.25, 0.3) is 0 Å². The van der Waals surface area contributed by atoms with E-state index in [0.717, 1.165) is 25.0 Å². The van der Waals surface area contributed by atoms with Gasteiger partial charge in [-0.05, 0) is 30.9 Å². The average Bonchev–Trinajstić information content (AvgIpc) is 2.35. The van der Waals surface area contributed by atoms with Crippen molar-refractivity contribution in [3.8, 4) is 5.75 Å². The molecule has 0 bridgehead atoms. The van der Waals surface area contributed by atoms with Crippen molar-refractivity contribution >= 4 is 0 Å². The lowest BCUT2D eigenvalue weighted by Crippen LogP contribution is -2.42. The van der Waals surface area contributed by atoms with Crippen LogP contribution >= 0.6 is 0 Å². The van der Waals surface area contributed by atoms with E-state index in [1.807, 2.05) is 12.1 Å². The molecule has 1 aliphatic carbocycles. The van der Waals surface area contributed by atoms with Gasteiger partial charge >= 0.3 is 0 Å². The topological polar surface area (TPSA) is 35.2 Å². The lowest BCUT2D eigenvalue weighted by atomic mass is 9.80. The Morgan fingerprint density at radius 1 is 1.06 bits per heavy atom. The van der Waals surface area contributed by atoms with Crippen molar-refractivity contribution in [1.82, 2.24) is 0 Å². The molecule has 1 aromatic carbocycles. The van der Waals surface area contributed by atoms with Gasteiger partial charge in [-0.2, -0.15) is 0 Å². The van der Waals surface area contributed by atoms with Crippen LogP contribution in [0, 0.1) is 0 Å². The molecule has 0 aliphatic heterocycles. The van der Waals surface area contributed by atoms with Gasteiger partial charge in [0.15, 0.2) is 0 Å². The molecule has 0 atom stereocenters. The van der Waals surface area contributed by atoms with E-state index in [4.69, 9.17) is 10.5 Å². The van der Waals surface area contributed by atoms with Crippen LogP contribution in [0.5, 0.6) is 5.75 Å². The van der Waals surface area contributed by atoms with Crippen molar-refractivity contribution in [3.63, 3.8) is 0 Å². The van der Waals surface area contributed by atoms with Crippen molar-refractivity contribution in [1.29, 1.82) is 0 Å². The molecule has 0 amide bonds. The molecular weight excluding hydrogens is 222 g/mol. The van der Waals surface area contributed by atoms with Gasteiger partial charge in [0.05, 0.1) is 7.11 Å². The van der Waals surface area contributed by atoms with Crippen LogP contribution in [0.25, 0.3) is 0 Å². The van der Waals surface area contributed by atoms with Crippen LogP contribution in [-0.4, -0.2) is 12.6 Å². The van der Waals surface area contributed by atoms with E-state index in [-0.39, 0.29) is 5.54 Å². The second kappa shape index (κ2) is 6.24. The van der Waals surface area contributed by atoms with Gasteiger partial charge in [-0.3, -0.25) is 0 Å². The molecule has 1 saturated carbocycles. The van der Waals surface area contributed by atoms with Crippen molar-refractivity contribution in [2.75, 3.05) is 7.11 Å². The highest BCUT2D eigenvalue weighted by molar-refractivity contribution is 5.34. The van der Waals surface area contributed by atoms with E-state index in [9.17, 15) is 0 Å². The predicted molar refractivity (Wildman–Crippen MR) is 75.9 cm³/mol. The van der Waals surface area contributed by atoms with Gasteiger partial charge < -0.3 is 10.5 Å². The fourth-order valence-electron chi connectivity index (χ4n) is 3.01. The van der Waals surface area contributed by atoms with Gasteiger partial charge in [0, 0.05) is 5.54 Å². The molecule has 2 N–H and O–H groups in total. The predicted octanol–water partition coefficient (Wildman–Crippen LogP) is 3.68. The summed E-state index contributed by atoms with van der Waals surface area (Å²) >= 11 is 0. The van der Waals surface area contributed by atoms with Gasteiger partial charge in [-0.1, -0.05) is 50.3 Å². The van der Waals surface area contributed by atoms with Crippen LogP contribution in [0.3, 0.4) is 0 Å². The number of rotatable bonds is 3. The first-order valence-corrected chi connectivity index (χ1v) is 7.14. The molecule has 0 aromatic heterocycles. The Morgan fingerprint density at radius 2 is 1.67 bits per heavy atom. The van der Waals surface area contributed by atoms with Crippen molar-refractivity contribution in [3.05, 3.63) is 29.8 Å². The summed E-state index contributed by atoms with van der Waals surface area (Å²) in [5.74, 6) is 0.976. The largest absolute Gasteiger partial charge is 0.496 e. The quantitative estimate of drug-likeness (QED) is 0.884. The Bertz CT molecular complexity index is 367. The molecular formula is C16H25NO. The molecule has 2 heteroatoms. The zero-order valence-corrected chi connectivity index (χ0v) is 11.5. The van der Waals surface area contributed by atoms with E-state index in [1.54, 1.807) is 7.11 Å². The molecule has 0 saturated heterocycles. The van der Waals surface area contributed by atoms with Crippen molar-refractivity contribution in [2.24, 2.45) is 5.73 Å². The van der Waals surface area contributed by atoms with E-state index in [2.05, 4.69) is 12.1 Å². The number of methoxy groups -OCH3 is 1. The maximum Gasteiger partial charge on any atom is 0.122 e. The summed E-state index contributed by atoms with van der Waals surface area (Å²) in [6.07, 6.45) is 9.82. The van der Waals surface area contributed by atoms with Gasteiger partial charge in [0.1, 0.15) is 5.75 Å². The Hall–Kier alpha value is -1.02. The number of para-hydroxylation sites is 1. The standard InChI is InChI=1S/C16H25NO/c1-18-15-10-6-5-9-14(15)13-16(17)11-7-3-2-4-8-12-16/h5-6,9-10H,2-4,7-8,11-13,17H2,1H3. The third kappa shape index (κ3) is 3.49. The summed E-state index contributed by atoms with van der Waals surface area (Å²) in [5, 5.41) is 0. The van der Waals surface area contributed by atoms with E-state index in [0.29, 0.717) is 0 Å². The van der Waals surface area contributed by atoms with Crippen LogP contribution in [0.4, 0.5) is 0 Å². The number of ether oxygens (including phenoxy) is 1. The number of nitrogens with two attached hydrogens (primary N) is 1.